The number of anilines is 2. The molecule has 3 aromatic rings. The average molecular weight is 340 g/mol. The molecule has 0 radical (unpaired) electrons. The first kappa shape index (κ1) is 16.5. The van der Waals surface area contributed by atoms with Gasteiger partial charge in [0.05, 0.1) is 5.56 Å². The van der Waals surface area contributed by atoms with Gasteiger partial charge in [0.1, 0.15) is 17.5 Å². The first-order valence-corrected chi connectivity index (χ1v) is 7.50. The molecule has 1 heterocycles. The highest BCUT2D eigenvalue weighted by Gasteiger charge is 2.11. The fraction of sp³-hybridized carbons (Fsp3) is 0.0556. The molecule has 0 aliphatic carbocycles. The first-order chi connectivity index (χ1) is 12.1. The summed E-state index contributed by atoms with van der Waals surface area (Å²) in [7, 11) is 0. The third-order valence-electron chi connectivity index (χ3n) is 3.44. The maximum Gasteiger partial charge on any atom is 0.259 e. The van der Waals surface area contributed by atoms with Crippen LogP contribution in [0.25, 0.3) is 0 Å². The molecule has 7 heteroatoms. The maximum atomic E-state index is 13.6. The molecule has 0 bridgehead atoms. The number of nitrogens with zero attached hydrogens (tertiary/aromatic N) is 2. The molecule has 126 valence electrons. The summed E-state index contributed by atoms with van der Waals surface area (Å²) in [5, 5.41) is 13.2. The Morgan fingerprint density at radius 3 is 2.16 bits per heavy atom. The third-order valence-corrected chi connectivity index (χ3v) is 3.44. The fourth-order valence-corrected chi connectivity index (χ4v) is 2.15. The second-order valence-electron chi connectivity index (χ2n) is 5.18. The van der Waals surface area contributed by atoms with Crippen LogP contribution in [0.2, 0.25) is 0 Å². The molecule has 0 spiro atoms. The Bertz CT molecular complexity index is 884. The van der Waals surface area contributed by atoms with Crippen LogP contribution in [0.15, 0.2) is 60.7 Å². The van der Waals surface area contributed by atoms with Crippen molar-refractivity contribution < 1.29 is 13.6 Å². The van der Waals surface area contributed by atoms with Crippen molar-refractivity contribution in [1.29, 1.82) is 0 Å². The van der Waals surface area contributed by atoms with Crippen molar-refractivity contribution in [2.24, 2.45) is 0 Å². The van der Waals surface area contributed by atoms with E-state index in [1.165, 1.54) is 30.3 Å². The summed E-state index contributed by atoms with van der Waals surface area (Å²) in [6.45, 7) is 0.252. The van der Waals surface area contributed by atoms with Crippen molar-refractivity contribution >= 4 is 17.5 Å². The highest BCUT2D eigenvalue weighted by molar-refractivity contribution is 6.03. The molecule has 5 nitrogen and oxygen atoms in total. The molecule has 0 unspecified atom stereocenters. The van der Waals surface area contributed by atoms with Crippen LogP contribution in [0.3, 0.4) is 0 Å². The molecule has 3 rings (SSSR count). The lowest BCUT2D eigenvalue weighted by molar-refractivity contribution is 0.102. The van der Waals surface area contributed by atoms with E-state index in [0.717, 1.165) is 0 Å². The van der Waals surface area contributed by atoms with Crippen molar-refractivity contribution in [2.75, 3.05) is 10.6 Å². The number of carbonyl (C=O) groups is 1. The molecular formula is C18H14F2N4O. The predicted octanol–water partition coefficient (Wildman–Crippen LogP) is 3.62. The largest absolute Gasteiger partial charge is 0.364 e. The van der Waals surface area contributed by atoms with Gasteiger partial charge in [-0.1, -0.05) is 30.3 Å². The Hall–Kier alpha value is -3.35. The van der Waals surface area contributed by atoms with Crippen LogP contribution >= 0.6 is 0 Å². The number of rotatable bonds is 5. The lowest BCUT2D eigenvalue weighted by Gasteiger charge is -2.08. The number of carbonyl (C=O) groups excluding carboxylic acids is 1. The van der Waals surface area contributed by atoms with Crippen LogP contribution in [-0.4, -0.2) is 16.1 Å². The van der Waals surface area contributed by atoms with Gasteiger partial charge in [-0.15, -0.1) is 10.2 Å². The zero-order valence-electron chi connectivity index (χ0n) is 13.0. The number of amides is 1. The van der Waals surface area contributed by atoms with Gasteiger partial charge in [-0.3, -0.25) is 4.79 Å². The highest BCUT2D eigenvalue weighted by Crippen LogP contribution is 2.12. The zero-order chi connectivity index (χ0) is 17.6. The maximum absolute atomic E-state index is 13.6. The molecule has 25 heavy (non-hydrogen) atoms. The normalized spacial score (nSPS) is 10.3. The van der Waals surface area contributed by atoms with Crippen LogP contribution in [0.1, 0.15) is 15.9 Å². The summed E-state index contributed by atoms with van der Waals surface area (Å²) >= 11 is 0. The van der Waals surface area contributed by atoms with Gasteiger partial charge in [-0.05, 0) is 30.3 Å². The van der Waals surface area contributed by atoms with Crippen molar-refractivity contribution in [2.45, 2.75) is 6.54 Å². The van der Waals surface area contributed by atoms with Gasteiger partial charge in [-0.25, -0.2) is 8.78 Å². The Balaban J connectivity index is 1.62. The minimum absolute atomic E-state index is 0.0777. The van der Waals surface area contributed by atoms with Crippen LogP contribution in [0, 0.1) is 11.6 Å². The quantitative estimate of drug-likeness (QED) is 0.744. The second kappa shape index (κ2) is 7.48. The van der Waals surface area contributed by atoms with Crippen molar-refractivity contribution in [1.82, 2.24) is 10.2 Å². The van der Waals surface area contributed by atoms with E-state index in [9.17, 15) is 13.6 Å². The van der Waals surface area contributed by atoms with Gasteiger partial charge < -0.3 is 10.6 Å². The third kappa shape index (κ3) is 4.14. The zero-order valence-corrected chi connectivity index (χ0v) is 13.0. The van der Waals surface area contributed by atoms with E-state index in [0.29, 0.717) is 11.4 Å². The van der Waals surface area contributed by atoms with Crippen LogP contribution < -0.4 is 10.6 Å². The Morgan fingerprint density at radius 2 is 1.48 bits per heavy atom. The van der Waals surface area contributed by atoms with Gasteiger partial charge in [0.25, 0.3) is 5.91 Å². The van der Waals surface area contributed by atoms with Crippen LogP contribution in [0.4, 0.5) is 20.4 Å². The minimum atomic E-state index is -0.615. The van der Waals surface area contributed by atoms with Gasteiger partial charge in [0, 0.05) is 12.1 Å². The minimum Gasteiger partial charge on any atom is -0.364 e. The predicted molar refractivity (Wildman–Crippen MR) is 90.1 cm³/mol. The molecule has 0 fully saturated rings. The topological polar surface area (TPSA) is 66.9 Å². The van der Waals surface area contributed by atoms with Crippen molar-refractivity contribution in [3.63, 3.8) is 0 Å². The fourth-order valence-electron chi connectivity index (χ4n) is 2.15. The number of halogens is 2. The van der Waals surface area contributed by atoms with E-state index in [-0.39, 0.29) is 23.7 Å². The molecule has 2 N–H and O–H groups in total. The SMILES string of the molecule is O=C(Nc1ccc(NCc2ccccc2F)nn1)c1ccccc1F. The molecule has 2 aromatic carbocycles. The summed E-state index contributed by atoms with van der Waals surface area (Å²) in [4.78, 5) is 12.0. The van der Waals surface area contributed by atoms with E-state index >= 15 is 0 Å². The summed E-state index contributed by atoms with van der Waals surface area (Å²) in [6, 6.07) is 15.2. The monoisotopic (exact) mass is 340 g/mol. The summed E-state index contributed by atoms with van der Waals surface area (Å²) < 4.78 is 27.1. The smallest absolute Gasteiger partial charge is 0.259 e. The summed E-state index contributed by atoms with van der Waals surface area (Å²) in [5.41, 5.74) is 0.423. The lowest BCUT2D eigenvalue weighted by atomic mass is 10.2. The molecular weight excluding hydrogens is 326 g/mol. The van der Waals surface area contributed by atoms with Gasteiger partial charge >= 0.3 is 0 Å². The molecule has 0 saturated carbocycles. The number of aromatic nitrogens is 2. The summed E-state index contributed by atoms with van der Waals surface area (Å²) in [5.74, 6) is -0.927. The van der Waals surface area contributed by atoms with Crippen molar-refractivity contribution in [3.05, 3.63) is 83.4 Å². The number of benzene rings is 2. The number of nitrogens with one attached hydrogen (secondary N) is 2. The van der Waals surface area contributed by atoms with Crippen LogP contribution in [0.5, 0.6) is 0 Å². The van der Waals surface area contributed by atoms with E-state index in [1.54, 1.807) is 30.3 Å². The Morgan fingerprint density at radius 1 is 0.840 bits per heavy atom. The Labute approximate surface area is 142 Å². The standard InChI is InChI=1S/C18H14F2N4O/c19-14-7-3-1-5-12(14)11-21-16-9-10-17(24-23-16)22-18(25)13-6-2-4-8-15(13)20/h1-10H,11H2,(H,21,23)(H,22,24,25). The van der Waals surface area contributed by atoms with E-state index in [1.807, 2.05) is 0 Å². The van der Waals surface area contributed by atoms with Crippen LogP contribution in [-0.2, 0) is 6.54 Å². The van der Waals surface area contributed by atoms with E-state index in [4.69, 9.17) is 0 Å². The summed E-state index contributed by atoms with van der Waals surface area (Å²) in [6.07, 6.45) is 0. The molecule has 0 saturated heterocycles. The average Bonchev–Trinajstić information content (AvgIpc) is 2.62. The molecule has 0 atom stereocenters. The number of hydrogen-bond acceptors (Lipinski definition) is 4. The lowest BCUT2D eigenvalue weighted by Crippen LogP contribution is -2.15. The second-order valence-corrected chi connectivity index (χ2v) is 5.18. The highest BCUT2D eigenvalue weighted by atomic mass is 19.1. The van der Waals surface area contributed by atoms with Gasteiger partial charge in [0.15, 0.2) is 5.82 Å². The first-order valence-electron chi connectivity index (χ1n) is 7.50. The number of hydrogen-bond donors (Lipinski definition) is 2. The van der Waals surface area contributed by atoms with Gasteiger partial charge in [0.2, 0.25) is 0 Å². The molecule has 1 aromatic heterocycles. The van der Waals surface area contributed by atoms with Crippen molar-refractivity contribution in [3.8, 4) is 0 Å². The molecule has 0 aliphatic heterocycles. The van der Waals surface area contributed by atoms with Gasteiger partial charge in [-0.2, -0.15) is 0 Å². The molecule has 1 amide bonds. The van der Waals surface area contributed by atoms with E-state index < -0.39 is 11.7 Å². The Kier molecular flexibility index (Phi) is 4.94. The van der Waals surface area contributed by atoms with E-state index in [2.05, 4.69) is 20.8 Å². The molecule has 0 aliphatic rings.